The van der Waals surface area contributed by atoms with Crippen LogP contribution in [0, 0.1) is 6.92 Å². The van der Waals surface area contributed by atoms with Crippen LogP contribution in [0.15, 0.2) is 34.7 Å². The molecule has 0 radical (unpaired) electrons. The minimum Gasteiger partial charge on any atom is -0.441 e. The molecule has 0 bridgehead atoms. The van der Waals surface area contributed by atoms with Crippen LogP contribution in [0.25, 0.3) is 11.5 Å². The highest BCUT2D eigenvalue weighted by molar-refractivity contribution is 5.93. The normalized spacial score (nSPS) is 15.1. The maximum atomic E-state index is 12.4. The SMILES string of the molecule is Cc1oc(-c2ccccc2)nc1C(=O)NCCN1CCCCCC1=O. The first-order valence-corrected chi connectivity index (χ1v) is 8.74. The average Bonchev–Trinajstić information content (AvgIpc) is 2.90. The zero-order chi connectivity index (χ0) is 17.6. The Kier molecular flexibility index (Phi) is 5.48. The fraction of sp³-hybridized carbons (Fsp3) is 0.421. The third-order valence-electron chi connectivity index (χ3n) is 4.37. The Balaban J connectivity index is 1.58. The smallest absolute Gasteiger partial charge is 0.273 e. The molecule has 0 aliphatic carbocycles. The molecule has 2 amide bonds. The monoisotopic (exact) mass is 341 g/mol. The average molecular weight is 341 g/mol. The topological polar surface area (TPSA) is 75.4 Å². The Morgan fingerprint density at radius 2 is 2.04 bits per heavy atom. The van der Waals surface area contributed by atoms with Gasteiger partial charge in [0.2, 0.25) is 11.8 Å². The minimum atomic E-state index is -0.272. The molecule has 6 nitrogen and oxygen atoms in total. The fourth-order valence-electron chi connectivity index (χ4n) is 2.97. The fourth-order valence-corrected chi connectivity index (χ4v) is 2.97. The van der Waals surface area contributed by atoms with Crippen molar-refractivity contribution in [1.29, 1.82) is 0 Å². The van der Waals surface area contributed by atoms with Crippen molar-refractivity contribution in [3.8, 4) is 11.5 Å². The first-order valence-electron chi connectivity index (χ1n) is 8.74. The van der Waals surface area contributed by atoms with Gasteiger partial charge in [-0.05, 0) is 31.9 Å². The number of rotatable bonds is 5. The minimum absolute atomic E-state index is 0.177. The zero-order valence-corrected chi connectivity index (χ0v) is 14.5. The molecule has 1 aliphatic heterocycles. The van der Waals surface area contributed by atoms with E-state index in [2.05, 4.69) is 10.3 Å². The molecule has 1 aromatic heterocycles. The molecule has 0 atom stereocenters. The number of benzene rings is 1. The van der Waals surface area contributed by atoms with E-state index in [0.717, 1.165) is 31.4 Å². The number of hydrogen-bond donors (Lipinski definition) is 1. The molecule has 3 rings (SSSR count). The summed E-state index contributed by atoms with van der Waals surface area (Å²) in [5, 5.41) is 2.84. The summed E-state index contributed by atoms with van der Waals surface area (Å²) in [7, 11) is 0. The van der Waals surface area contributed by atoms with Crippen LogP contribution in [0.3, 0.4) is 0 Å². The second kappa shape index (κ2) is 7.96. The van der Waals surface area contributed by atoms with Gasteiger partial charge in [-0.15, -0.1) is 0 Å². The van der Waals surface area contributed by atoms with E-state index in [1.807, 2.05) is 35.2 Å². The second-order valence-corrected chi connectivity index (χ2v) is 6.24. The molecule has 0 unspecified atom stereocenters. The zero-order valence-electron chi connectivity index (χ0n) is 14.5. The van der Waals surface area contributed by atoms with Crippen LogP contribution in [-0.4, -0.2) is 41.3 Å². The highest BCUT2D eigenvalue weighted by atomic mass is 16.4. The van der Waals surface area contributed by atoms with Crippen molar-refractivity contribution in [3.05, 3.63) is 41.8 Å². The molecule has 1 aliphatic rings. The highest BCUT2D eigenvalue weighted by Crippen LogP contribution is 2.21. The summed E-state index contributed by atoms with van der Waals surface area (Å²) in [4.78, 5) is 30.5. The van der Waals surface area contributed by atoms with Crippen molar-refractivity contribution >= 4 is 11.8 Å². The van der Waals surface area contributed by atoms with Crippen molar-refractivity contribution < 1.29 is 14.0 Å². The van der Waals surface area contributed by atoms with Crippen LogP contribution >= 0.6 is 0 Å². The quantitative estimate of drug-likeness (QED) is 0.907. The predicted molar refractivity (Wildman–Crippen MR) is 94.1 cm³/mol. The lowest BCUT2D eigenvalue weighted by Crippen LogP contribution is -2.38. The molecule has 1 aromatic carbocycles. The van der Waals surface area contributed by atoms with E-state index in [1.165, 1.54) is 0 Å². The van der Waals surface area contributed by atoms with Crippen LogP contribution < -0.4 is 5.32 Å². The van der Waals surface area contributed by atoms with Gasteiger partial charge in [0.15, 0.2) is 5.69 Å². The molecule has 2 heterocycles. The van der Waals surface area contributed by atoms with E-state index >= 15 is 0 Å². The molecule has 132 valence electrons. The van der Waals surface area contributed by atoms with Crippen molar-refractivity contribution in [3.63, 3.8) is 0 Å². The number of hydrogen-bond acceptors (Lipinski definition) is 4. The Morgan fingerprint density at radius 3 is 2.84 bits per heavy atom. The Labute approximate surface area is 147 Å². The molecule has 0 saturated carbocycles. The summed E-state index contributed by atoms with van der Waals surface area (Å²) in [6.45, 7) is 3.45. The number of carbonyl (C=O) groups excluding carboxylic acids is 2. The molecule has 0 spiro atoms. The number of likely N-dealkylation sites (tertiary alicyclic amines) is 1. The van der Waals surface area contributed by atoms with Gasteiger partial charge < -0.3 is 14.6 Å². The van der Waals surface area contributed by atoms with Gasteiger partial charge in [0.25, 0.3) is 5.91 Å². The lowest BCUT2D eigenvalue weighted by molar-refractivity contribution is -0.130. The summed E-state index contributed by atoms with van der Waals surface area (Å²) in [6.07, 6.45) is 3.69. The number of nitrogens with zero attached hydrogens (tertiary/aromatic N) is 2. The van der Waals surface area contributed by atoms with Crippen molar-refractivity contribution in [2.45, 2.75) is 32.6 Å². The molecule has 1 N–H and O–H groups in total. The lowest BCUT2D eigenvalue weighted by atomic mass is 10.2. The van der Waals surface area contributed by atoms with Crippen LogP contribution in [0.2, 0.25) is 0 Å². The van der Waals surface area contributed by atoms with Gasteiger partial charge in [0.05, 0.1) is 0 Å². The molecule has 1 fully saturated rings. The highest BCUT2D eigenvalue weighted by Gasteiger charge is 2.19. The number of aromatic nitrogens is 1. The Bertz CT molecular complexity index is 740. The van der Waals surface area contributed by atoms with Crippen LogP contribution in [0.4, 0.5) is 0 Å². The van der Waals surface area contributed by atoms with Crippen molar-refractivity contribution in [2.24, 2.45) is 0 Å². The van der Waals surface area contributed by atoms with Crippen LogP contribution in [0.1, 0.15) is 41.9 Å². The second-order valence-electron chi connectivity index (χ2n) is 6.24. The predicted octanol–water partition coefficient (Wildman–Crippen LogP) is 2.78. The van der Waals surface area contributed by atoms with Crippen LogP contribution in [-0.2, 0) is 4.79 Å². The molecular formula is C19H23N3O3. The maximum Gasteiger partial charge on any atom is 0.273 e. The molecule has 6 heteroatoms. The van der Waals surface area contributed by atoms with Crippen LogP contribution in [0.5, 0.6) is 0 Å². The van der Waals surface area contributed by atoms with E-state index in [-0.39, 0.29) is 11.8 Å². The van der Waals surface area contributed by atoms with Gasteiger partial charge in [0.1, 0.15) is 5.76 Å². The number of carbonyl (C=O) groups is 2. The Hall–Kier alpha value is -2.63. The molecule has 25 heavy (non-hydrogen) atoms. The van der Waals surface area contributed by atoms with E-state index < -0.39 is 0 Å². The third kappa shape index (κ3) is 4.26. The van der Waals surface area contributed by atoms with Crippen molar-refractivity contribution in [2.75, 3.05) is 19.6 Å². The van der Waals surface area contributed by atoms with E-state index in [4.69, 9.17) is 4.42 Å². The van der Waals surface area contributed by atoms with Gasteiger partial charge in [-0.3, -0.25) is 9.59 Å². The summed E-state index contributed by atoms with van der Waals surface area (Å²) < 4.78 is 5.62. The van der Waals surface area contributed by atoms with Gasteiger partial charge >= 0.3 is 0 Å². The molecule has 2 aromatic rings. The number of oxazole rings is 1. The van der Waals surface area contributed by atoms with E-state index in [1.54, 1.807) is 6.92 Å². The maximum absolute atomic E-state index is 12.4. The largest absolute Gasteiger partial charge is 0.441 e. The lowest BCUT2D eigenvalue weighted by Gasteiger charge is -2.20. The number of nitrogens with one attached hydrogen (secondary N) is 1. The standard InChI is InChI=1S/C19H23N3O3/c1-14-17(21-19(25-14)15-8-4-2-5-9-15)18(24)20-11-13-22-12-7-3-6-10-16(22)23/h2,4-5,8-9H,3,6-7,10-13H2,1H3,(H,20,24). The van der Waals surface area contributed by atoms with E-state index in [0.29, 0.717) is 36.9 Å². The summed E-state index contributed by atoms with van der Waals surface area (Å²) in [6, 6.07) is 9.48. The van der Waals surface area contributed by atoms with Gasteiger partial charge in [0, 0.05) is 31.6 Å². The van der Waals surface area contributed by atoms with E-state index in [9.17, 15) is 9.59 Å². The first-order chi connectivity index (χ1) is 12.1. The van der Waals surface area contributed by atoms with Gasteiger partial charge in [-0.2, -0.15) is 0 Å². The molecule has 1 saturated heterocycles. The first kappa shape index (κ1) is 17.2. The number of aryl methyl sites for hydroxylation is 1. The van der Waals surface area contributed by atoms with Crippen molar-refractivity contribution in [1.82, 2.24) is 15.2 Å². The van der Waals surface area contributed by atoms with Gasteiger partial charge in [-0.1, -0.05) is 24.6 Å². The molecular weight excluding hydrogens is 318 g/mol. The Morgan fingerprint density at radius 1 is 1.24 bits per heavy atom. The third-order valence-corrected chi connectivity index (χ3v) is 4.37. The summed E-state index contributed by atoms with van der Waals surface area (Å²) in [5.41, 5.74) is 1.13. The summed E-state index contributed by atoms with van der Waals surface area (Å²) in [5.74, 6) is 0.828. The van der Waals surface area contributed by atoms with Gasteiger partial charge in [-0.25, -0.2) is 4.98 Å². The summed E-state index contributed by atoms with van der Waals surface area (Å²) >= 11 is 0. The number of amides is 2.